The van der Waals surface area contributed by atoms with Gasteiger partial charge in [-0.15, -0.1) is 0 Å². The van der Waals surface area contributed by atoms with E-state index in [9.17, 15) is 9.18 Å². The Morgan fingerprint density at radius 1 is 1.30 bits per heavy atom. The highest BCUT2D eigenvalue weighted by Crippen LogP contribution is 2.27. The minimum absolute atomic E-state index is 0.0502. The predicted octanol–water partition coefficient (Wildman–Crippen LogP) is 3.86. The number of carbonyl (C=O) groups excluding carboxylic acids is 1. The Morgan fingerprint density at radius 3 is 2.81 bits per heavy atom. The van der Waals surface area contributed by atoms with Crippen LogP contribution in [0, 0.1) is 11.7 Å². The topological polar surface area (TPSA) is 54.5 Å². The van der Waals surface area contributed by atoms with E-state index in [2.05, 4.69) is 15.2 Å². The molecule has 0 unspecified atom stereocenters. The number of aromatic nitrogens is 1. The number of rotatable bonds is 7. The molecule has 0 bridgehead atoms. The number of carbonyl (C=O) groups is 1. The van der Waals surface area contributed by atoms with Crippen molar-refractivity contribution < 1.29 is 13.9 Å². The van der Waals surface area contributed by atoms with Crippen molar-refractivity contribution in [3.05, 3.63) is 54.1 Å². The van der Waals surface area contributed by atoms with Crippen LogP contribution in [-0.4, -0.2) is 35.5 Å². The third-order valence-electron chi connectivity index (χ3n) is 4.81. The summed E-state index contributed by atoms with van der Waals surface area (Å²) in [6.45, 7) is 5.04. The van der Waals surface area contributed by atoms with Gasteiger partial charge in [0.15, 0.2) is 0 Å². The number of benzene rings is 1. The molecule has 0 atom stereocenters. The van der Waals surface area contributed by atoms with Crippen LogP contribution < -0.4 is 10.1 Å². The number of anilines is 1. The van der Waals surface area contributed by atoms with E-state index < -0.39 is 0 Å². The van der Waals surface area contributed by atoms with Crippen molar-refractivity contribution in [1.29, 1.82) is 0 Å². The summed E-state index contributed by atoms with van der Waals surface area (Å²) in [5.41, 5.74) is 1.60. The van der Waals surface area contributed by atoms with Gasteiger partial charge >= 0.3 is 0 Å². The summed E-state index contributed by atoms with van der Waals surface area (Å²) in [6.07, 6.45) is 4.27. The highest BCUT2D eigenvalue weighted by atomic mass is 19.1. The SMILES string of the molecule is CCOc1cc(F)ccc1NC(=O)CC1CCN(Cc2ccccn2)CC1. The standard InChI is InChI=1S/C21H26FN3O2/c1-2-27-20-14-17(22)6-7-19(20)24-21(26)13-16-8-11-25(12-9-16)15-18-5-3-4-10-23-18/h3-7,10,14,16H,2,8-9,11-13,15H2,1H3,(H,24,26). The maximum absolute atomic E-state index is 13.4. The van der Waals surface area contributed by atoms with Gasteiger partial charge in [0, 0.05) is 25.2 Å². The number of amides is 1. The van der Waals surface area contributed by atoms with Crippen molar-refractivity contribution in [2.24, 2.45) is 5.92 Å². The maximum Gasteiger partial charge on any atom is 0.224 e. The zero-order valence-corrected chi connectivity index (χ0v) is 15.7. The Balaban J connectivity index is 1.47. The quantitative estimate of drug-likeness (QED) is 0.803. The molecule has 2 aromatic rings. The molecule has 6 heteroatoms. The second kappa shape index (κ2) is 9.46. The predicted molar refractivity (Wildman–Crippen MR) is 103 cm³/mol. The molecule has 0 spiro atoms. The number of pyridine rings is 1. The molecule has 1 aromatic heterocycles. The molecule has 3 rings (SSSR count). The summed E-state index contributed by atoms with van der Waals surface area (Å²) in [6, 6.07) is 10.1. The van der Waals surface area contributed by atoms with Gasteiger partial charge in [0.1, 0.15) is 11.6 Å². The van der Waals surface area contributed by atoms with Crippen LogP contribution in [0.4, 0.5) is 10.1 Å². The lowest BCUT2D eigenvalue weighted by atomic mass is 9.93. The number of hydrogen-bond acceptors (Lipinski definition) is 4. The van der Waals surface area contributed by atoms with Crippen LogP contribution in [0.2, 0.25) is 0 Å². The second-order valence-electron chi connectivity index (χ2n) is 6.87. The van der Waals surface area contributed by atoms with E-state index in [0.29, 0.717) is 30.4 Å². The molecule has 0 aliphatic carbocycles. The first-order chi connectivity index (χ1) is 13.1. The molecule has 1 fully saturated rings. The number of likely N-dealkylation sites (tertiary alicyclic amines) is 1. The first-order valence-corrected chi connectivity index (χ1v) is 9.48. The average molecular weight is 371 g/mol. The van der Waals surface area contributed by atoms with E-state index in [0.717, 1.165) is 38.2 Å². The fraction of sp³-hybridized carbons (Fsp3) is 0.429. The number of nitrogens with one attached hydrogen (secondary N) is 1. The second-order valence-corrected chi connectivity index (χ2v) is 6.87. The number of nitrogens with zero attached hydrogens (tertiary/aromatic N) is 2. The van der Waals surface area contributed by atoms with Gasteiger partial charge in [-0.2, -0.15) is 0 Å². The number of piperidine rings is 1. The van der Waals surface area contributed by atoms with E-state index in [1.165, 1.54) is 12.1 Å². The van der Waals surface area contributed by atoms with Gasteiger partial charge in [-0.1, -0.05) is 6.07 Å². The van der Waals surface area contributed by atoms with Gasteiger partial charge in [0.25, 0.3) is 0 Å². The van der Waals surface area contributed by atoms with Crippen LogP contribution in [0.25, 0.3) is 0 Å². The molecule has 1 aromatic carbocycles. The lowest BCUT2D eigenvalue weighted by Crippen LogP contribution is -2.34. The van der Waals surface area contributed by atoms with Crippen molar-refractivity contribution in [1.82, 2.24) is 9.88 Å². The molecule has 1 N–H and O–H groups in total. The van der Waals surface area contributed by atoms with E-state index in [4.69, 9.17) is 4.74 Å². The van der Waals surface area contributed by atoms with E-state index in [1.807, 2.05) is 31.3 Å². The number of ether oxygens (including phenoxy) is 1. The highest BCUT2D eigenvalue weighted by molar-refractivity contribution is 5.92. The van der Waals surface area contributed by atoms with Crippen molar-refractivity contribution in [2.75, 3.05) is 25.0 Å². The monoisotopic (exact) mass is 371 g/mol. The molecule has 144 valence electrons. The molecule has 1 aliphatic heterocycles. The van der Waals surface area contributed by atoms with Crippen molar-refractivity contribution in [3.8, 4) is 5.75 Å². The molecule has 1 aliphatic rings. The normalized spacial score (nSPS) is 15.5. The Labute approximate surface area is 159 Å². The fourth-order valence-electron chi connectivity index (χ4n) is 3.41. The Morgan fingerprint density at radius 2 is 2.11 bits per heavy atom. The minimum atomic E-state index is -0.378. The largest absolute Gasteiger partial charge is 0.492 e. The van der Waals surface area contributed by atoms with Gasteiger partial charge in [-0.05, 0) is 63.0 Å². The maximum atomic E-state index is 13.4. The minimum Gasteiger partial charge on any atom is -0.492 e. The van der Waals surface area contributed by atoms with E-state index >= 15 is 0 Å². The smallest absolute Gasteiger partial charge is 0.224 e. The van der Waals surface area contributed by atoms with Crippen LogP contribution >= 0.6 is 0 Å². The summed E-state index contributed by atoms with van der Waals surface area (Å²) >= 11 is 0. The molecule has 2 heterocycles. The zero-order valence-electron chi connectivity index (χ0n) is 15.7. The first kappa shape index (κ1) is 19.3. The molecule has 27 heavy (non-hydrogen) atoms. The number of halogens is 1. The summed E-state index contributed by atoms with van der Waals surface area (Å²) in [5, 5.41) is 2.87. The Hall–Kier alpha value is -2.47. The fourth-order valence-corrected chi connectivity index (χ4v) is 3.41. The third kappa shape index (κ3) is 5.76. The van der Waals surface area contributed by atoms with Gasteiger partial charge in [0.2, 0.25) is 5.91 Å². The van der Waals surface area contributed by atoms with Crippen LogP contribution in [0.15, 0.2) is 42.6 Å². The lowest BCUT2D eigenvalue weighted by Gasteiger charge is -2.31. The molecule has 0 saturated carbocycles. The van der Waals surface area contributed by atoms with Crippen LogP contribution in [0.5, 0.6) is 5.75 Å². The Bertz CT molecular complexity index is 746. The summed E-state index contributed by atoms with van der Waals surface area (Å²) in [5.74, 6) is 0.305. The van der Waals surface area contributed by atoms with Crippen molar-refractivity contribution >= 4 is 11.6 Å². The average Bonchev–Trinajstić information content (AvgIpc) is 2.67. The van der Waals surface area contributed by atoms with Crippen LogP contribution in [-0.2, 0) is 11.3 Å². The molecule has 5 nitrogen and oxygen atoms in total. The molecule has 1 saturated heterocycles. The van der Waals surface area contributed by atoms with Gasteiger partial charge < -0.3 is 10.1 Å². The van der Waals surface area contributed by atoms with Crippen LogP contribution in [0.3, 0.4) is 0 Å². The molecule has 0 radical (unpaired) electrons. The van der Waals surface area contributed by atoms with E-state index in [1.54, 1.807) is 6.07 Å². The molecular weight excluding hydrogens is 345 g/mol. The van der Waals surface area contributed by atoms with Gasteiger partial charge in [0.05, 0.1) is 18.0 Å². The summed E-state index contributed by atoms with van der Waals surface area (Å²) < 4.78 is 18.8. The summed E-state index contributed by atoms with van der Waals surface area (Å²) in [7, 11) is 0. The van der Waals surface area contributed by atoms with Crippen molar-refractivity contribution in [3.63, 3.8) is 0 Å². The third-order valence-corrected chi connectivity index (χ3v) is 4.81. The summed E-state index contributed by atoms with van der Waals surface area (Å²) in [4.78, 5) is 19.2. The van der Waals surface area contributed by atoms with Gasteiger partial charge in [-0.25, -0.2) is 4.39 Å². The zero-order chi connectivity index (χ0) is 19.1. The van der Waals surface area contributed by atoms with E-state index in [-0.39, 0.29) is 11.7 Å². The Kier molecular flexibility index (Phi) is 6.76. The molecular formula is C21H26FN3O2. The number of hydrogen-bond donors (Lipinski definition) is 1. The first-order valence-electron chi connectivity index (χ1n) is 9.48. The van der Waals surface area contributed by atoms with Crippen LogP contribution in [0.1, 0.15) is 31.9 Å². The van der Waals surface area contributed by atoms with Crippen molar-refractivity contribution in [2.45, 2.75) is 32.7 Å². The molecule has 1 amide bonds. The highest BCUT2D eigenvalue weighted by Gasteiger charge is 2.22. The van der Waals surface area contributed by atoms with Gasteiger partial charge in [-0.3, -0.25) is 14.7 Å². The lowest BCUT2D eigenvalue weighted by molar-refractivity contribution is -0.117.